The Morgan fingerprint density at radius 1 is 1.09 bits per heavy atom. The predicted octanol–water partition coefficient (Wildman–Crippen LogP) is 2.46. The SMILES string of the molecule is NN=C(N)N=CC=Cc1cccn1-c1ccccc1[N+](=O)[O-].O=C(O)C(O)c1ccccc1. The topological polar surface area (TPSA) is 182 Å². The van der Waals surface area contributed by atoms with Gasteiger partial charge in [-0.1, -0.05) is 42.5 Å². The summed E-state index contributed by atoms with van der Waals surface area (Å²) >= 11 is 0. The number of nitrogens with two attached hydrogens (primary N) is 2. The van der Waals surface area contributed by atoms with Crippen LogP contribution in [-0.2, 0) is 4.79 Å². The van der Waals surface area contributed by atoms with Gasteiger partial charge in [0.25, 0.3) is 5.69 Å². The van der Waals surface area contributed by atoms with Crippen LogP contribution in [0, 0.1) is 10.1 Å². The molecule has 0 aliphatic carbocycles. The lowest BCUT2D eigenvalue weighted by atomic mass is 10.1. The number of nitro benzene ring substituents is 1. The number of hydrogen-bond donors (Lipinski definition) is 4. The summed E-state index contributed by atoms with van der Waals surface area (Å²) in [6, 6.07) is 18.4. The van der Waals surface area contributed by atoms with Crippen LogP contribution in [0.2, 0.25) is 0 Å². The number of carboxylic acids is 1. The van der Waals surface area contributed by atoms with Crippen molar-refractivity contribution in [2.24, 2.45) is 21.7 Å². The first-order valence-corrected chi connectivity index (χ1v) is 9.46. The summed E-state index contributed by atoms with van der Waals surface area (Å²) in [7, 11) is 0. The second-order valence-corrected chi connectivity index (χ2v) is 6.32. The number of aliphatic hydroxyl groups is 1. The van der Waals surface area contributed by atoms with E-state index < -0.39 is 17.0 Å². The van der Waals surface area contributed by atoms with Gasteiger partial charge in [0.1, 0.15) is 5.69 Å². The monoisotopic (exact) mass is 450 g/mol. The van der Waals surface area contributed by atoms with Gasteiger partial charge in [-0.25, -0.2) is 9.79 Å². The molecule has 6 N–H and O–H groups in total. The number of carbonyl (C=O) groups is 1. The van der Waals surface area contributed by atoms with Gasteiger partial charge >= 0.3 is 5.97 Å². The van der Waals surface area contributed by atoms with Gasteiger partial charge in [-0.15, -0.1) is 5.10 Å². The van der Waals surface area contributed by atoms with Crippen LogP contribution in [0.25, 0.3) is 11.8 Å². The number of aliphatic hydroxyl groups excluding tert-OH is 1. The molecule has 1 heterocycles. The van der Waals surface area contributed by atoms with Crippen molar-refractivity contribution >= 4 is 29.9 Å². The standard InChI is InChI=1S/C14H14N6O2.C8H8O3/c15-14(18-16)17-9-3-5-11-6-4-10-19(11)12-7-1-2-8-13(12)20(21)22;9-7(8(10)11)6-4-2-1-3-5-6/h1-10H,16H2,(H2,15,18);1-5,7,9H,(H,10,11). The Hall–Kier alpha value is -4.77. The maximum atomic E-state index is 11.1. The molecule has 0 saturated carbocycles. The highest BCUT2D eigenvalue weighted by Crippen LogP contribution is 2.24. The van der Waals surface area contributed by atoms with Crippen LogP contribution in [0.5, 0.6) is 0 Å². The molecular weight excluding hydrogens is 428 g/mol. The number of carboxylic acid groups (broad SMARTS) is 1. The van der Waals surface area contributed by atoms with Gasteiger partial charge in [0.15, 0.2) is 6.10 Å². The molecule has 0 bridgehead atoms. The summed E-state index contributed by atoms with van der Waals surface area (Å²) < 4.78 is 1.71. The summed E-state index contributed by atoms with van der Waals surface area (Å²) in [5.41, 5.74) is 6.99. The average Bonchev–Trinajstić information content (AvgIpc) is 3.30. The molecule has 0 radical (unpaired) electrons. The first-order chi connectivity index (χ1) is 15.8. The molecule has 0 aliphatic heterocycles. The number of nitro groups is 1. The minimum absolute atomic E-state index is 0.0292. The minimum atomic E-state index is -1.41. The number of aromatic nitrogens is 1. The van der Waals surface area contributed by atoms with E-state index in [1.807, 2.05) is 6.07 Å². The van der Waals surface area contributed by atoms with Crippen LogP contribution in [0.4, 0.5) is 5.69 Å². The summed E-state index contributed by atoms with van der Waals surface area (Å²) in [6.45, 7) is 0. The molecule has 1 unspecified atom stereocenters. The second-order valence-electron chi connectivity index (χ2n) is 6.32. The third kappa shape index (κ3) is 7.15. The number of hydrazone groups is 1. The average molecular weight is 450 g/mol. The number of allylic oxidation sites excluding steroid dienone is 1. The molecule has 3 aromatic rings. The van der Waals surface area contributed by atoms with Gasteiger partial charge < -0.3 is 26.4 Å². The van der Waals surface area contributed by atoms with Crippen molar-refractivity contribution < 1.29 is 19.9 Å². The third-order valence-corrected chi connectivity index (χ3v) is 4.16. The van der Waals surface area contributed by atoms with E-state index in [0.717, 1.165) is 5.69 Å². The van der Waals surface area contributed by atoms with Crippen LogP contribution >= 0.6 is 0 Å². The van der Waals surface area contributed by atoms with Crippen molar-refractivity contribution in [3.05, 3.63) is 100 Å². The van der Waals surface area contributed by atoms with E-state index in [1.165, 1.54) is 12.3 Å². The molecule has 0 fully saturated rings. The van der Waals surface area contributed by atoms with Gasteiger partial charge in [-0.2, -0.15) is 0 Å². The maximum absolute atomic E-state index is 11.1. The molecule has 0 spiro atoms. The lowest BCUT2D eigenvalue weighted by Crippen LogP contribution is -2.10. The number of rotatable bonds is 6. The van der Waals surface area contributed by atoms with Crippen molar-refractivity contribution in [2.75, 3.05) is 0 Å². The van der Waals surface area contributed by atoms with E-state index in [2.05, 4.69) is 10.1 Å². The zero-order valence-electron chi connectivity index (χ0n) is 17.3. The minimum Gasteiger partial charge on any atom is -0.479 e. The Kier molecular flexibility index (Phi) is 9.04. The van der Waals surface area contributed by atoms with Crippen LogP contribution in [-0.4, -0.2) is 37.8 Å². The van der Waals surface area contributed by atoms with Crippen molar-refractivity contribution in [1.29, 1.82) is 0 Å². The second kappa shape index (κ2) is 12.2. The fraction of sp³-hybridized carbons (Fsp3) is 0.0455. The normalized spacial score (nSPS) is 12.3. The highest BCUT2D eigenvalue weighted by atomic mass is 16.6. The highest BCUT2D eigenvalue weighted by molar-refractivity contribution is 5.91. The number of nitrogens with zero attached hydrogens (tertiary/aromatic N) is 4. The molecule has 0 aliphatic rings. The van der Waals surface area contributed by atoms with Crippen LogP contribution in [0.1, 0.15) is 17.4 Å². The Balaban J connectivity index is 0.000000294. The number of benzene rings is 2. The zero-order valence-corrected chi connectivity index (χ0v) is 17.3. The van der Waals surface area contributed by atoms with Crippen LogP contribution in [0.3, 0.4) is 0 Å². The molecule has 0 amide bonds. The highest BCUT2D eigenvalue weighted by Gasteiger charge is 2.15. The molecule has 33 heavy (non-hydrogen) atoms. The fourth-order valence-electron chi connectivity index (χ4n) is 2.64. The first-order valence-electron chi connectivity index (χ1n) is 9.46. The molecule has 0 saturated heterocycles. The van der Waals surface area contributed by atoms with E-state index in [-0.39, 0.29) is 11.6 Å². The van der Waals surface area contributed by atoms with Gasteiger partial charge in [0.2, 0.25) is 5.96 Å². The smallest absolute Gasteiger partial charge is 0.337 e. The van der Waals surface area contributed by atoms with Crippen molar-refractivity contribution in [3.63, 3.8) is 0 Å². The van der Waals surface area contributed by atoms with Gasteiger partial charge in [0, 0.05) is 24.2 Å². The van der Waals surface area contributed by atoms with E-state index in [0.29, 0.717) is 11.3 Å². The third-order valence-electron chi connectivity index (χ3n) is 4.16. The Morgan fingerprint density at radius 2 is 1.76 bits per heavy atom. The molecule has 11 heteroatoms. The summed E-state index contributed by atoms with van der Waals surface area (Å²) in [4.78, 5) is 24.7. The fourth-order valence-corrected chi connectivity index (χ4v) is 2.64. The van der Waals surface area contributed by atoms with Crippen molar-refractivity contribution in [3.8, 4) is 5.69 Å². The van der Waals surface area contributed by atoms with E-state index >= 15 is 0 Å². The maximum Gasteiger partial charge on any atom is 0.337 e. The predicted molar refractivity (Wildman–Crippen MR) is 125 cm³/mol. The molecular formula is C22H22N6O5. The molecule has 3 rings (SSSR count). The molecule has 11 nitrogen and oxygen atoms in total. The lowest BCUT2D eigenvalue weighted by molar-refractivity contribution is -0.384. The zero-order chi connectivity index (χ0) is 24.2. The van der Waals surface area contributed by atoms with Crippen LogP contribution < -0.4 is 11.6 Å². The molecule has 2 aromatic carbocycles. The molecule has 170 valence electrons. The largest absolute Gasteiger partial charge is 0.479 e. The Morgan fingerprint density at radius 3 is 2.39 bits per heavy atom. The van der Waals surface area contributed by atoms with E-state index in [9.17, 15) is 14.9 Å². The quantitative estimate of drug-likeness (QED) is 0.146. The summed E-state index contributed by atoms with van der Waals surface area (Å²) in [5, 5.41) is 31.7. The van der Waals surface area contributed by atoms with Crippen molar-refractivity contribution in [2.45, 2.75) is 6.10 Å². The number of hydrogen-bond acceptors (Lipinski definition) is 6. The lowest BCUT2D eigenvalue weighted by Gasteiger charge is -2.06. The molecule has 1 atom stereocenters. The van der Waals surface area contributed by atoms with Gasteiger partial charge in [-0.3, -0.25) is 10.1 Å². The number of para-hydroxylation sites is 2. The van der Waals surface area contributed by atoms with E-state index in [4.69, 9.17) is 21.8 Å². The van der Waals surface area contributed by atoms with Crippen molar-refractivity contribution in [1.82, 2.24) is 4.57 Å². The Labute approximate surface area is 188 Å². The number of aliphatic carboxylic acids is 1. The summed E-state index contributed by atoms with van der Waals surface area (Å²) in [6.07, 6.45) is 5.15. The molecule has 1 aromatic heterocycles. The number of aliphatic imine (C=N–C) groups is 1. The first kappa shape index (κ1) is 24.5. The Bertz CT molecular complexity index is 1170. The van der Waals surface area contributed by atoms with Gasteiger partial charge in [-0.05, 0) is 35.9 Å². The van der Waals surface area contributed by atoms with Gasteiger partial charge in [0.05, 0.1) is 4.92 Å². The van der Waals surface area contributed by atoms with E-state index in [1.54, 1.807) is 77.5 Å². The summed E-state index contributed by atoms with van der Waals surface area (Å²) in [5.74, 6) is 3.68. The number of guanidine groups is 1. The van der Waals surface area contributed by atoms with Crippen LogP contribution in [0.15, 0.2) is 89.1 Å².